The molecule has 0 aromatic heterocycles. The number of aromatic hydroxyl groups is 2. The monoisotopic (exact) mass is 444 g/mol. The van der Waals surface area contributed by atoms with Crippen molar-refractivity contribution >= 4 is 0 Å². The molecular formula is C29H48O3. The van der Waals surface area contributed by atoms with Crippen LogP contribution in [0.4, 0.5) is 0 Å². The first-order chi connectivity index (χ1) is 14.8. The molecule has 3 nitrogen and oxygen atoms in total. The molecule has 0 heterocycles. The van der Waals surface area contributed by atoms with Gasteiger partial charge in [-0.3, -0.25) is 0 Å². The summed E-state index contributed by atoms with van der Waals surface area (Å²) in [6, 6.07) is 0. The van der Waals surface area contributed by atoms with E-state index in [2.05, 4.69) is 32.9 Å². The van der Waals surface area contributed by atoms with Gasteiger partial charge in [-0.2, -0.15) is 0 Å². The Morgan fingerprint density at radius 3 is 2.03 bits per heavy atom. The maximum atomic E-state index is 10.5. The number of rotatable bonds is 13. The van der Waals surface area contributed by atoms with Crippen molar-refractivity contribution in [2.45, 2.75) is 119 Å². The molecule has 1 aromatic carbocycles. The van der Waals surface area contributed by atoms with Crippen LogP contribution in [0, 0.1) is 26.7 Å². The van der Waals surface area contributed by atoms with E-state index in [0.717, 1.165) is 80.0 Å². The molecule has 182 valence electrons. The zero-order chi connectivity index (χ0) is 24.5. The molecule has 0 spiro atoms. The lowest BCUT2D eigenvalue weighted by Gasteiger charge is -2.17. The summed E-state index contributed by atoms with van der Waals surface area (Å²) in [5.74, 6) is 1.24. The van der Waals surface area contributed by atoms with Gasteiger partial charge in [-0.05, 0) is 129 Å². The molecule has 0 bridgehead atoms. The van der Waals surface area contributed by atoms with Crippen molar-refractivity contribution in [3.05, 3.63) is 45.6 Å². The van der Waals surface area contributed by atoms with Gasteiger partial charge in [0.2, 0.25) is 0 Å². The van der Waals surface area contributed by atoms with Crippen molar-refractivity contribution < 1.29 is 15.3 Å². The predicted octanol–water partition coefficient (Wildman–Crippen LogP) is 7.99. The molecule has 32 heavy (non-hydrogen) atoms. The van der Waals surface area contributed by atoms with Gasteiger partial charge >= 0.3 is 0 Å². The van der Waals surface area contributed by atoms with Gasteiger partial charge in [0.25, 0.3) is 0 Å². The Morgan fingerprint density at radius 2 is 1.41 bits per heavy atom. The van der Waals surface area contributed by atoms with E-state index in [-0.39, 0.29) is 0 Å². The summed E-state index contributed by atoms with van der Waals surface area (Å²) in [6.07, 6.45) is 13.9. The zero-order valence-electron chi connectivity index (χ0n) is 21.9. The van der Waals surface area contributed by atoms with Crippen LogP contribution in [0.5, 0.6) is 11.5 Å². The number of phenolic OH excluding ortho intramolecular Hbond substituents is 2. The van der Waals surface area contributed by atoms with Crippen LogP contribution in [0.1, 0.15) is 108 Å². The third kappa shape index (κ3) is 9.81. The minimum absolute atomic E-state index is 0.322. The first-order valence-electron chi connectivity index (χ1n) is 12.4. The fourth-order valence-corrected chi connectivity index (χ4v) is 4.19. The fourth-order valence-electron chi connectivity index (χ4n) is 4.19. The van der Waals surface area contributed by atoms with Crippen molar-refractivity contribution in [3.63, 3.8) is 0 Å². The second-order valence-corrected chi connectivity index (χ2v) is 10.6. The third-order valence-corrected chi connectivity index (χ3v) is 6.80. The third-order valence-electron chi connectivity index (χ3n) is 6.80. The lowest BCUT2D eigenvalue weighted by Crippen LogP contribution is -2.17. The molecule has 0 saturated heterocycles. The number of allylic oxidation sites excluding steroid dienone is 4. The van der Waals surface area contributed by atoms with Crippen LogP contribution in [0.3, 0.4) is 0 Å². The largest absolute Gasteiger partial charge is 0.507 e. The van der Waals surface area contributed by atoms with Crippen LogP contribution >= 0.6 is 0 Å². The standard InChI is InChI=1S/C29H48O3/c1-20(12-9-14-21(2)16-11-19-29(7,8)32)13-10-15-22(3)17-18-26-25(6)27(30)23(4)24(5)28(26)31/h13-14,22,30-32H,9-12,15-19H2,1-8H3/b20-13+,21-14+. The van der Waals surface area contributed by atoms with E-state index in [1.807, 2.05) is 34.6 Å². The Hall–Kier alpha value is -1.74. The van der Waals surface area contributed by atoms with E-state index in [9.17, 15) is 15.3 Å². The van der Waals surface area contributed by atoms with Crippen LogP contribution in [0.15, 0.2) is 23.3 Å². The first kappa shape index (κ1) is 28.3. The molecule has 0 aliphatic rings. The molecule has 1 rings (SSSR count). The Labute approximate surface area is 197 Å². The molecule has 0 amide bonds. The van der Waals surface area contributed by atoms with Gasteiger partial charge in [0.1, 0.15) is 11.5 Å². The molecule has 0 aliphatic carbocycles. The number of hydrogen-bond donors (Lipinski definition) is 3. The SMILES string of the molecule is C/C(=C\CCC(C)CCc1c(C)c(O)c(C)c(C)c1O)CC/C=C(\C)CCCC(C)(C)O. The quantitative estimate of drug-likeness (QED) is 0.213. The summed E-state index contributed by atoms with van der Waals surface area (Å²) < 4.78 is 0. The van der Waals surface area contributed by atoms with Crippen LogP contribution in [-0.4, -0.2) is 20.9 Å². The average molecular weight is 445 g/mol. The molecule has 3 heteroatoms. The van der Waals surface area contributed by atoms with Crippen LogP contribution in [0.25, 0.3) is 0 Å². The second-order valence-electron chi connectivity index (χ2n) is 10.6. The highest BCUT2D eigenvalue weighted by molar-refractivity contribution is 5.56. The van der Waals surface area contributed by atoms with Crippen molar-refractivity contribution in [2.24, 2.45) is 5.92 Å². The molecule has 0 fully saturated rings. The lowest BCUT2D eigenvalue weighted by molar-refractivity contribution is 0.0689. The van der Waals surface area contributed by atoms with E-state index < -0.39 is 5.60 Å². The maximum absolute atomic E-state index is 10.5. The van der Waals surface area contributed by atoms with Gasteiger partial charge in [-0.1, -0.05) is 30.2 Å². The Kier molecular flexibility index (Phi) is 11.6. The van der Waals surface area contributed by atoms with Crippen LogP contribution in [-0.2, 0) is 6.42 Å². The van der Waals surface area contributed by atoms with Gasteiger partial charge < -0.3 is 15.3 Å². The summed E-state index contributed by atoms with van der Waals surface area (Å²) in [4.78, 5) is 0. The van der Waals surface area contributed by atoms with Gasteiger partial charge in [0.05, 0.1) is 5.60 Å². The summed E-state index contributed by atoms with van der Waals surface area (Å²) in [5, 5.41) is 30.6. The highest BCUT2D eigenvalue weighted by atomic mass is 16.3. The number of phenols is 2. The predicted molar refractivity (Wildman–Crippen MR) is 138 cm³/mol. The molecule has 1 atom stereocenters. The topological polar surface area (TPSA) is 60.7 Å². The summed E-state index contributed by atoms with van der Waals surface area (Å²) >= 11 is 0. The number of aliphatic hydroxyl groups is 1. The Morgan fingerprint density at radius 1 is 0.844 bits per heavy atom. The minimum atomic E-state index is -0.559. The van der Waals surface area contributed by atoms with Crippen LogP contribution in [0.2, 0.25) is 0 Å². The number of benzene rings is 1. The second kappa shape index (κ2) is 13.1. The van der Waals surface area contributed by atoms with E-state index in [1.54, 1.807) is 0 Å². The molecule has 0 radical (unpaired) electrons. The van der Waals surface area contributed by atoms with Gasteiger partial charge in [-0.15, -0.1) is 0 Å². The summed E-state index contributed by atoms with van der Waals surface area (Å²) in [7, 11) is 0. The maximum Gasteiger partial charge on any atom is 0.122 e. The molecule has 0 saturated carbocycles. The van der Waals surface area contributed by atoms with E-state index in [1.165, 1.54) is 11.1 Å². The average Bonchev–Trinajstić information content (AvgIpc) is 2.69. The molecule has 1 aromatic rings. The Bertz CT molecular complexity index is 765. The van der Waals surface area contributed by atoms with Crippen molar-refractivity contribution in [1.82, 2.24) is 0 Å². The van der Waals surface area contributed by atoms with E-state index in [4.69, 9.17) is 0 Å². The molecule has 3 N–H and O–H groups in total. The van der Waals surface area contributed by atoms with Crippen molar-refractivity contribution in [1.29, 1.82) is 0 Å². The van der Waals surface area contributed by atoms with Crippen molar-refractivity contribution in [3.8, 4) is 11.5 Å². The molecule has 1 unspecified atom stereocenters. The fraction of sp³-hybridized carbons (Fsp3) is 0.655. The molecular weight excluding hydrogens is 396 g/mol. The van der Waals surface area contributed by atoms with Gasteiger partial charge in [0, 0.05) is 5.56 Å². The van der Waals surface area contributed by atoms with Crippen molar-refractivity contribution in [2.75, 3.05) is 0 Å². The lowest BCUT2D eigenvalue weighted by atomic mass is 9.91. The molecule has 0 aliphatic heterocycles. The summed E-state index contributed by atoms with van der Waals surface area (Å²) in [5.41, 5.74) is 5.59. The highest BCUT2D eigenvalue weighted by Gasteiger charge is 2.17. The minimum Gasteiger partial charge on any atom is -0.507 e. The van der Waals surface area contributed by atoms with Gasteiger partial charge in [-0.25, -0.2) is 0 Å². The number of hydrogen-bond acceptors (Lipinski definition) is 3. The van der Waals surface area contributed by atoms with Gasteiger partial charge in [0.15, 0.2) is 0 Å². The first-order valence-corrected chi connectivity index (χ1v) is 12.4. The zero-order valence-corrected chi connectivity index (χ0v) is 21.9. The van der Waals surface area contributed by atoms with E-state index >= 15 is 0 Å². The normalized spacial score (nSPS) is 14.2. The smallest absolute Gasteiger partial charge is 0.122 e. The van der Waals surface area contributed by atoms with Crippen LogP contribution < -0.4 is 0 Å². The Balaban J connectivity index is 2.40. The highest BCUT2D eigenvalue weighted by Crippen LogP contribution is 2.37. The van der Waals surface area contributed by atoms with E-state index in [0.29, 0.717) is 17.4 Å². The summed E-state index contributed by atoms with van der Waals surface area (Å²) in [6.45, 7) is 16.1.